The Labute approximate surface area is 136 Å². The standard InChI is InChI=1S/C17H23N5O/c1-21-11-14(10-20-21)9-15-16(23-12-13-3-4-13)5-8-22(15)17-18-6-2-7-19-17/h2,6-7,10-11,13,15-16H,3-5,8-9,12H2,1H3/t15-,16-/m1/s1. The van der Waals surface area contributed by atoms with Crippen molar-refractivity contribution in [3.05, 3.63) is 36.4 Å². The third kappa shape index (κ3) is 3.37. The number of hydrogen-bond acceptors (Lipinski definition) is 5. The van der Waals surface area contributed by atoms with Crippen LogP contribution in [0.5, 0.6) is 0 Å². The molecule has 1 aliphatic carbocycles. The van der Waals surface area contributed by atoms with Crippen LogP contribution < -0.4 is 4.90 Å². The Balaban J connectivity index is 1.52. The third-order valence-electron chi connectivity index (χ3n) is 4.74. The van der Waals surface area contributed by atoms with Gasteiger partial charge in [-0.2, -0.15) is 5.10 Å². The Bertz CT molecular complexity index is 639. The van der Waals surface area contributed by atoms with Crippen LogP contribution in [0.2, 0.25) is 0 Å². The lowest BCUT2D eigenvalue weighted by Crippen LogP contribution is -2.39. The van der Waals surface area contributed by atoms with Crippen molar-refractivity contribution in [3.8, 4) is 0 Å². The predicted molar refractivity (Wildman–Crippen MR) is 87.2 cm³/mol. The van der Waals surface area contributed by atoms with Crippen LogP contribution in [-0.4, -0.2) is 45.0 Å². The minimum absolute atomic E-state index is 0.250. The van der Waals surface area contributed by atoms with E-state index in [0.29, 0.717) is 0 Å². The van der Waals surface area contributed by atoms with Gasteiger partial charge in [-0.15, -0.1) is 0 Å². The zero-order valence-electron chi connectivity index (χ0n) is 13.5. The first-order valence-electron chi connectivity index (χ1n) is 8.42. The molecule has 0 amide bonds. The summed E-state index contributed by atoms with van der Waals surface area (Å²) in [5, 5.41) is 4.29. The summed E-state index contributed by atoms with van der Waals surface area (Å²) in [6.45, 7) is 1.85. The number of hydrogen-bond donors (Lipinski definition) is 0. The van der Waals surface area contributed by atoms with Gasteiger partial charge in [0.25, 0.3) is 0 Å². The van der Waals surface area contributed by atoms with Crippen molar-refractivity contribution in [2.24, 2.45) is 13.0 Å². The van der Waals surface area contributed by atoms with Crippen molar-refractivity contribution < 1.29 is 4.74 Å². The fourth-order valence-corrected chi connectivity index (χ4v) is 3.31. The zero-order valence-corrected chi connectivity index (χ0v) is 13.5. The second-order valence-electron chi connectivity index (χ2n) is 6.64. The van der Waals surface area contributed by atoms with Gasteiger partial charge in [0, 0.05) is 38.8 Å². The topological polar surface area (TPSA) is 56.1 Å². The average Bonchev–Trinajstić information content (AvgIpc) is 3.19. The SMILES string of the molecule is Cn1cc(C[C@@H]2[C@H](OCC3CC3)CCN2c2ncccn2)cn1. The van der Waals surface area contributed by atoms with Crippen molar-refractivity contribution in [1.82, 2.24) is 19.7 Å². The van der Waals surface area contributed by atoms with Crippen LogP contribution in [0.25, 0.3) is 0 Å². The van der Waals surface area contributed by atoms with E-state index in [1.807, 2.05) is 36.4 Å². The number of nitrogens with zero attached hydrogens (tertiary/aromatic N) is 5. The third-order valence-corrected chi connectivity index (χ3v) is 4.74. The first-order chi connectivity index (χ1) is 11.3. The van der Waals surface area contributed by atoms with E-state index in [9.17, 15) is 0 Å². The quantitative estimate of drug-likeness (QED) is 0.814. The van der Waals surface area contributed by atoms with Crippen LogP contribution in [-0.2, 0) is 18.2 Å². The van der Waals surface area contributed by atoms with Crippen molar-refractivity contribution in [2.45, 2.75) is 37.8 Å². The zero-order chi connectivity index (χ0) is 15.6. The maximum absolute atomic E-state index is 6.25. The molecular weight excluding hydrogens is 290 g/mol. The average molecular weight is 313 g/mol. The fourth-order valence-electron chi connectivity index (χ4n) is 3.31. The molecule has 23 heavy (non-hydrogen) atoms. The van der Waals surface area contributed by atoms with E-state index in [0.717, 1.165) is 37.9 Å². The highest BCUT2D eigenvalue weighted by Crippen LogP contribution is 2.32. The van der Waals surface area contributed by atoms with Gasteiger partial charge in [-0.05, 0) is 43.2 Å². The van der Waals surface area contributed by atoms with Crippen molar-refractivity contribution in [2.75, 3.05) is 18.1 Å². The Hall–Kier alpha value is -1.95. The van der Waals surface area contributed by atoms with Crippen LogP contribution in [0.4, 0.5) is 5.95 Å². The highest BCUT2D eigenvalue weighted by Gasteiger charge is 2.37. The largest absolute Gasteiger partial charge is 0.376 e. The van der Waals surface area contributed by atoms with Crippen LogP contribution >= 0.6 is 0 Å². The molecule has 2 fully saturated rings. The van der Waals surface area contributed by atoms with Gasteiger partial charge in [-0.25, -0.2) is 9.97 Å². The lowest BCUT2D eigenvalue weighted by atomic mass is 10.0. The van der Waals surface area contributed by atoms with Gasteiger partial charge >= 0.3 is 0 Å². The number of anilines is 1. The molecule has 0 aromatic carbocycles. The van der Waals surface area contributed by atoms with Crippen LogP contribution in [0.1, 0.15) is 24.8 Å². The molecule has 6 heteroatoms. The summed E-state index contributed by atoms with van der Waals surface area (Å²) in [4.78, 5) is 11.2. The van der Waals surface area contributed by atoms with Crippen LogP contribution in [0.3, 0.4) is 0 Å². The Morgan fingerprint density at radius 3 is 2.74 bits per heavy atom. The molecule has 2 aromatic rings. The number of aryl methyl sites for hydroxylation is 1. The van der Waals surface area contributed by atoms with Gasteiger partial charge in [0.15, 0.2) is 0 Å². The molecule has 0 unspecified atom stereocenters. The number of aromatic nitrogens is 4. The molecule has 6 nitrogen and oxygen atoms in total. The highest BCUT2D eigenvalue weighted by molar-refractivity contribution is 5.35. The summed E-state index contributed by atoms with van der Waals surface area (Å²) < 4.78 is 8.10. The first-order valence-corrected chi connectivity index (χ1v) is 8.42. The van der Waals surface area contributed by atoms with Crippen molar-refractivity contribution >= 4 is 5.95 Å². The van der Waals surface area contributed by atoms with E-state index >= 15 is 0 Å². The molecule has 0 bridgehead atoms. The highest BCUT2D eigenvalue weighted by atomic mass is 16.5. The molecule has 3 heterocycles. The van der Waals surface area contributed by atoms with Gasteiger partial charge in [0.2, 0.25) is 5.95 Å². The van der Waals surface area contributed by atoms with Gasteiger partial charge in [0.1, 0.15) is 0 Å². The molecule has 0 radical (unpaired) electrons. The van der Waals surface area contributed by atoms with E-state index in [4.69, 9.17) is 4.74 Å². The predicted octanol–water partition coefficient (Wildman–Crippen LogP) is 1.83. The monoisotopic (exact) mass is 313 g/mol. The molecule has 0 N–H and O–H groups in total. The normalized spacial score (nSPS) is 24.3. The maximum Gasteiger partial charge on any atom is 0.225 e. The van der Waals surface area contributed by atoms with E-state index in [1.165, 1.54) is 18.4 Å². The van der Waals surface area contributed by atoms with Crippen molar-refractivity contribution in [3.63, 3.8) is 0 Å². The summed E-state index contributed by atoms with van der Waals surface area (Å²) in [5.41, 5.74) is 1.24. The smallest absolute Gasteiger partial charge is 0.225 e. The second-order valence-corrected chi connectivity index (χ2v) is 6.64. The molecule has 1 aliphatic heterocycles. The minimum Gasteiger partial charge on any atom is -0.376 e. The van der Waals surface area contributed by atoms with Crippen molar-refractivity contribution in [1.29, 1.82) is 0 Å². The van der Waals surface area contributed by atoms with Gasteiger partial charge in [0.05, 0.1) is 18.3 Å². The van der Waals surface area contributed by atoms with Crippen LogP contribution in [0, 0.1) is 5.92 Å². The lowest BCUT2D eigenvalue weighted by molar-refractivity contribution is 0.0406. The first kappa shape index (κ1) is 14.6. The molecule has 122 valence electrons. The van der Waals surface area contributed by atoms with E-state index in [-0.39, 0.29) is 12.1 Å². The number of rotatable bonds is 6. The van der Waals surface area contributed by atoms with E-state index in [2.05, 4.69) is 26.2 Å². The number of ether oxygens (including phenoxy) is 1. The Morgan fingerprint density at radius 2 is 2.04 bits per heavy atom. The van der Waals surface area contributed by atoms with Gasteiger partial charge in [-0.3, -0.25) is 4.68 Å². The Morgan fingerprint density at radius 1 is 1.22 bits per heavy atom. The summed E-state index contributed by atoms with van der Waals surface area (Å²) in [7, 11) is 1.96. The summed E-state index contributed by atoms with van der Waals surface area (Å²) in [6, 6.07) is 2.14. The van der Waals surface area contributed by atoms with Gasteiger partial charge in [-0.1, -0.05) is 0 Å². The van der Waals surface area contributed by atoms with Gasteiger partial charge < -0.3 is 9.64 Å². The molecule has 2 aromatic heterocycles. The lowest BCUT2D eigenvalue weighted by Gasteiger charge is -2.28. The second kappa shape index (κ2) is 6.28. The van der Waals surface area contributed by atoms with E-state index in [1.54, 1.807) is 0 Å². The molecule has 1 saturated carbocycles. The molecule has 4 rings (SSSR count). The molecule has 2 aliphatic rings. The molecule has 2 atom stereocenters. The maximum atomic E-state index is 6.25. The summed E-state index contributed by atoms with van der Waals surface area (Å²) in [5.74, 6) is 1.59. The van der Waals surface area contributed by atoms with Crippen LogP contribution in [0.15, 0.2) is 30.9 Å². The molecule has 1 saturated heterocycles. The summed E-state index contributed by atoms with van der Waals surface area (Å²) >= 11 is 0. The molecule has 0 spiro atoms. The Kier molecular flexibility index (Phi) is 3.99. The fraction of sp³-hybridized carbons (Fsp3) is 0.588. The molecular formula is C17H23N5O. The minimum atomic E-state index is 0.250. The van der Waals surface area contributed by atoms with E-state index < -0.39 is 0 Å². The summed E-state index contributed by atoms with van der Waals surface area (Å²) in [6.07, 6.45) is 12.5.